The molecule has 0 heterocycles. The molecule has 0 saturated carbocycles. The van der Waals surface area contributed by atoms with Crippen molar-refractivity contribution in [3.05, 3.63) is 0 Å². The molecule has 0 N–H and O–H groups in total. The molecule has 0 spiro atoms. The van der Waals surface area contributed by atoms with Crippen molar-refractivity contribution in [1.29, 1.82) is 0 Å². The number of unbranched alkanes of at least 4 members (excludes halogenated alkanes) is 2. The first-order valence-electron chi connectivity index (χ1n) is 9.20. The Balaban J connectivity index is -0.00000200. The Morgan fingerprint density at radius 3 is 1.61 bits per heavy atom. The SMILES string of the molecule is CCCC[N+](C)(C)CCOCC[N+](CC)(CC)CCCC.[Br-].[Br-]. The minimum atomic E-state index is 0. The molecule has 0 aromatic carbocycles. The largest absolute Gasteiger partial charge is 1.00 e. The number of rotatable bonds is 14. The van der Waals surface area contributed by atoms with Crippen molar-refractivity contribution in [1.82, 2.24) is 0 Å². The molecule has 0 aromatic rings. The Kier molecular flexibility index (Phi) is 20.3. The molecule has 144 valence electrons. The highest BCUT2D eigenvalue weighted by Gasteiger charge is 2.22. The van der Waals surface area contributed by atoms with E-state index in [9.17, 15) is 0 Å². The van der Waals surface area contributed by atoms with Crippen molar-refractivity contribution in [3.63, 3.8) is 0 Å². The van der Waals surface area contributed by atoms with E-state index in [-0.39, 0.29) is 34.0 Å². The Labute approximate surface area is 167 Å². The van der Waals surface area contributed by atoms with Crippen LogP contribution in [0, 0.1) is 0 Å². The molecular weight excluding hydrogens is 420 g/mol. The fraction of sp³-hybridized carbons (Fsp3) is 1.00. The monoisotopic (exact) mass is 460 g/mol. The van der Waals surface area contributed by atoms with Crippen LogP contribution in [0.2, 0.25) is 0 Å². The van der Waals surface area contributed by atoms with E-state index >= 15 is 0 Å². The number of hydrogen-bond donors (Lipinski definition) is 0. The first-order chi connectivity index (χ1) is 9.95. The van der Waals surface area contributed by atoms with Crippen LogP contribution < -0.4 is 34.0 Å². The van der Waals surface area contributed by atoms with Gasteiger partial charge in [0, 0.05) is 0 Å². The molecule has 0 aliphatic rings. The molecule has 0 fully saturated rings. The normalized spacial score (nSPS) is 11.7. The minimum Gasteiger partial charge on any atom is -1.00 e. The van der Waals surface area contributed by atoms with E-state index in [1.807, 2.05) is 0 Å². The summed E-state index contributed by atoms with van der Waals surface area (Å²) in [6.07, 6.45) is 5.23. The molecule has 0 bridgehead atoms. The summed E-state index contributed by atoms with van der Waals surface area (Å²) in [4.78, 5) is 0. The second-order valence-corrected chi connectivity index (χ2v) is 7.12. The van der Waals surface area contributed by atoms with Crippen molar-refractivity contribution in [3.8, 4) is 0 Å². The van der Waals surface area contributed by atoms with Gasteiger partial charge in [-0.15, -0.1) is 0 Å². The summed E-state index contributed by atoms with van der Waals surface area (Å²) in [6.45, 7) is 18.4. The second kappa shape index (κ2) is 16.3. The van der Waals surface area contributed by atoms with Crippen LogP contribution in [-0.4, -0.2) is 75.5 Å². The van der Waals surface area contributed by atoms with Gasteiger partial charge in [-0.3, -0.25) is 0 Å². The number of hydrogen-bond acceptors (Lipinski definition) is 1. The first-order valence-corrected chi connectivity index (χ1v) is 9.20. The lowest BCUT2D eigenvalue weighted by Gasteiger charge is -2.37. The summed E-state index contributed by atoms with van der Waals surface area (Å²) < 4.78 is 8.27. The lowest BCUT2D eigenvalue weighted by molar-refractivity contribution is -0.925. The van der Waals surface area contributed by atoms with Crippen LogP contribution in [0.25, 0.3) is 0 Å². The molecule has 0 rings (SSSR count). The molecule has 0 aromatic heterocycles. The van der Waals surface area contributed by atoms with Crippen LogP contribution in [0.1, 0.15) is 53.4 Å². The number of nitrogens with zero attached hydrogens (tertiary/aromatic N) is 2. The zero-order valence-corrected chi connectivity index (χ0v) is 19.7. The maximum absolute atomic E-state index is 5.96. The molecule has 0 amide bonds. The summed E-state index contributed by atoms with van der Waals surface area (Å²) in [5, 5.41) is 0. The van der Waals surface area contributed by atoms with Crippen LogP contribution in [0.15, 0.2) is 0 Å². The van der Waals surface area contributed by atoms with Crippen molar-refractivity contribution in [2.45, 2.75) is 53.4 Å². The molecule has 5 heteroatoms. The smallest absolute Gasteiger partial charge is 0.102 e. The number of quaternary nitrogens is 2. The molecule has 0 saturated heterocycles. The molecule has 23 heavy (non-hydrogen) atoms. The third kappa shape index (κ3) is 13.8. The Morgan fingerprint density at radius 2 is 1.13 bits per heavy atom. The van der Waals surface area contributed by atoms with Crippen LogP contribution in [0.4, 0.5) is 0 Å². The van der Waals surface area contributed by atoms with E-state index in [1.165, 1.54) is 62.9 Å². The van der Waals surface area contributed by atoms with Gasteiger partial charge in [0.1, 0.15) is 13.1 Å². The Hall–Kier alpha value is 0.840. The highest BCUT2D eigenvalue weighted by molar-refractivity contribution is 4.44. The van der Waals surface area contributed by atoms with Gasteiger partial charge in [-0.25, -0.2) is 0 Å². The lowest BCUT2D eigenvalue weighted by Crippen LogP contribution is -3.00. The van der Waals surface area contributed by atoms with Gasteiger partial charge in [0.15, 0.2) is 0 Å². The highest BCUT2D eigenvalue weighted by Crippen LogP contribution is 2.09. The highest BCUT2D eigenvalue weighted by atomic mass is 79.9. The Bertz CT molecular complexity index is 247. The van der Waals surface area contributed by atoms with E-state index in [0.29, 0.717) is 0 Å². The average molecular weight is 462 g/mol. The van der Waals surface area contributed by atoms with Crippen LogP contribution in [-0.2, 0) is 4.74 Å². The van der Waals surface area contributed by atoms with Crippen molar-refractivity contribution in [2.75, 3.05) is 66.6 Å². The number of ether oxygens (including phenoxy) is 1. The number of likely N-dealkylation sites (N-methyl/N-ethyl adjacent to an activating group) is 2. The standard InChI is InChI=1S/C18H42N2O.2BrH/c1-7-11-13-19(5,6)15-17-21-18-16-20(9-3,10-4)14-12-8-2;;/h7-18H2,1-6H3;2*1H/q+2;;/p-2. The molecule has 3 nitrogen and oxygen atoms in total. The van der Waals surface area contributed by atoms with Gasteiger partial charge >= 0.3 is 0 Å². The van der Waals surface area contributed by atoms with Crippen molar-refractivity contribution >= 4 is 0 Å². The topological polar surface area (TPSA) is 9.23 Å². The zero-order chi connectivity index (χ0) is 16.2. The van der Waals surface area contributed by atoms with Crippen LogP contribution in [0.5, 0.6) is 0 Å². The average Bonchev–Trinajstić information content (AvgIpc) is 2.48. The summed E-state index contributed by atoms with van der Waals surface area (Å²) in [7, 11) is 4.64. The predicted molar refractivity (Wildman–Crippen MR) is 93.6 cm³/mol. The van der Waals surface area contributed by atoms with E-state index in [2.05, 4.69) is 41.8 Å². The maximum Gasteiger partial charge on any atom is 0.102 e. The summed E-state index contributed by atoms with van der Waals surface area (Å²) in [5.74, 6) is 0. The summed E-state index contributed by atoms with van der Waals surface area (Å²) in [5.41, 5.74) is 0. The minimum absolute atomic E-state index is 0. The van der Waals surface area contributed by atoms with Gasteiger partial charge in [-0.1, -0.05) is 26.7 Å². The van der Waals surface area contributed by atoms with E-state index < -0.39 is 0 Å². The van der Waals surface area contributed by atoms with Gasteiger partial charge in [-0.2, -0.15) is 0 Å². The summed E-state index contributed by atoms with van der Waals surface area (Å²) >= 11 is 0. The molecular formula is C18H42Br2N2O. The van der Waals surface area contributed by atoms with Gasteiger partial charge in [0.05, 0.1) is 53.5 Å². The fourth-order valence-electron chi connectivity index (χ4n) is 2.83. The zero-order valence-electron chi connectivity index (χ0n) is 16.5. The van der Waals surface area contributed by atoms with Gasteiger partial charge < -0.3 is 47.7 Å². The third-order valence-electron chi connectivity index (χ3n) is 5.00. The number of halogens is 2. The molecule has 0 atom stereocenters. The van der Waals surface area contributed by atoms with E-state index in [1.54, 1.807) is 0 Å². The lowest BCUT2D eigenvalue weighted by atomic mass is 10.2. The predicted octanol–water partition coefficient (Wildman–Crippen LogP) is -2.46. The van der Waals surface area contributed by atoms with E-state index in [0.717, 1.165) is 24.2 Å². The molecule has 0 aliphatic carbocycles. The van der Waals surface area contributed by atoms with E-state index in [4.69, 9.17) is 4.74 Å². The quantitative estimate of drug-likeness (QED) is 0.206. The molecule has 0 aliphatic heterocycles. The van der Waals surface area contributed by atoms with Gasteiger partial charge in [0.2, 0.25) is 0 Å². The van der Waals surface area contributed by atoms with Crippen LogP contribution >= 0.6 is 0 Å². The van der Waals surface area contributed by atoms with Crippen LogP contribution in [0.3, 0.4) is 0 Å². The van der Waals surface area contributed by atoms with Crippen molar-refractivity contribution in [2.24, 2.45) is 0 Å². The maximum atomic E-state index is 5.96. The fourth-order valence-corrected chi connectivity index (χ4v) is 2.83. The van der Waals surface area contributed by atoms with Gasteiger partial charge in [0.25, 0.3) is 0 Å². The molecule has 0 unspecified atom stereocenters. The van der Waals surface area contributed by atoms with Crippen molar-refractivity contribution < 1.29 is 47.7 Å². The summed E-state index contributed by atoms with van der Waals surface area (Å²) in [6, 6.07) is 0. The Morgan fingerprint density at radius 1 is 0.652 bits per heavy atom. The molecule has 0 radical (unpaired) electrons. The van der Waals surface area contributed by atoms with Gasteiger partial charge in [-0.05, 0) is 26.7 Å². The second-order valence-electron chi connectivity index (χ2n) is 7.12. The first kappa shape index (κ1) is 28.6. The third-order valence-corrected chi connectivity index (χ3v) is 5.00.